The molecule has 0 radical (unpaired) electrons. The molecule has 0 bridgehead atoms. The number of amides is 4. The first-order valence-electron chi connectivity index (χ1n) is 9.50. The molecular formula is C19H25N7O4. The van der Waals surface area contributed by atoms with Gasteiger partial charge in [-0.25, -0.2) is 14.4 Å². The summed E-state index contributed by atoms with van der Waals surface area (Å²) >= 11 is 0. The van der Waals surface area contributed by atoms with Crippen LogP contribution in [0.2, 0.25) is 0 Å². The number of primary amides is 1. The first-order valence-corrected chi connectivity index (χ1v) is 9.50. The van der Waals surface area contributed by atoms with E-state index in [-0.39, 0.29) is 13.1 Å². The number of azo groups is 1. The summed E-state index contributed by atoms with van der Waals surface area (Å²) in [4.78, 5) is 48.9. The predicted molar refractivity (Wildman–Crippen MR) is 112 cm³/mol. The van der Waals surface area contributed by atoms with E-state index in [0.29, 0.717) is 18.7 Å². The maximum absolute atomic E-state index is 12.3. The monoisotopic (exact) mass is 415 g/mol. The molecule has 0 saturated heterocycles. The van der Waals surface area contributed by atoms with Crippen molar-refractivity contribution in [1.29, 1.82) is 0 Å². The highest BCUT2D eigenvalue weighted by atomic mass is 16.2. The van der Waals surface area contributed by atoms with Gasteiger partial charge in [-0.1, -0.05) is 23.2 Å². The van der Waals surface area contributed by atoms with E-state index in [1.54, 1.807) is 0 Å². The van der Waals surface area contributed by atoms with Crippen LogP contribution < -0.4 is 27.6 Å². The molecule has 0 spiro atoms. The van der Waals surface area contributed by atoms with E-state index in [2.05, 4.69) is 32.8 Å². The van der Waals surface area contributed by atoms with Gasteiger partial charge in [0.15, 0.2) is 0 Å². The number of aromatic amines is 1. The fraction of sp³-hybridized carbons (Fsp3) is 0.368. The van der Waals surface area contributed by atoms with Crippen LogP contribution in [-0.4, -0.2) is 28.2 Å². The highest BCUT2D eigenvalue weighted by Crippen LogP contribution is 2.18. The zero-order chi connectivity index (χ0) is 22.1. The number of hydrogen-bond donors (Lipinski definition) is 4. The Morgan fingerprint density at radius 3 is 2.60 bits per heavy atom. The predicted octanol–water partition coefficient (Wildman–Crippen LogP) is 2.17. The molecular weight excluding hydrogens is 390 g/mol. The second-order valence-electron chi connectivity index (χ2n) is 6.58. The molecule has 0 unspecified atom stereocenters. The fourth-order valence-electron chi connectivity index (χ4n) is 2.81. The van der Waals surface area contributed by atoms with Crippen LogP contribution in [0.15, 0.2) is 44.1 Å². The molecule has 0 atom stereocenters. The molecule has 1 aromatic heterocycles. The minimum Gasteiger partial charge on any atom is -0.348 e. The Morgan fingerprint density at radius 2 is 1.93 bits per heavy atom. The Balaban J connectivity index is 1.92. The molecule has 1 heterocycles. The van der Waals surface area contributed by atoms with Crippen molar-refractivity contribution in [1.82, 2.24) is 14.9 Å². The zero-order valence-corrected chi connectivity index (χ0v) is 16.9. The second-order valence-corrected chi connectivity index (χ2v) is 6.58. The number of carbonyl (C=O) groups is 2. The van der Waals surface area contributed by atoms with E-state index >= 15 is 0 Å². The first-order chi connectivity index (χ1) is 14.3. The van der Waals surface area contributed by atoms with Crippen LogP contribution in [0.4, 0.5) is 21.1 Å². The number of rotatable bonds is 8. The van der Waals surface area contributed by atoms with Gasteiger partial charge in [0.1, 0.15) is 5.82 Å². The number of H-pyrrole nitrogens is 1. The van der Waals surface area contributed by atoms with Crippen molar-refractivity contribution in [2.45, 2.75) is 39.7 Å². The lowest BCUT2D eigenvalue weighted by Crippen LogP contribution is -2.35. The van der Waals surface area contributed by atoms with Gasteiger partial charge in [-0.3, -0.25) is 14.3 Å². The molecule has 0 saturated carbocycles. The summed E-state index contributed by atoms with van der Waals surface area (Å²) in [5.74, 6) is 0.319. The average molecular weight is 415 g/mol. The number of aryl methyl sites for hydroxylation is 2. The van der Waals surface area contributed by atoms with Gasteiger partial charge in [0.2, 0.25) is 0 Å². The van der Waals surface area contributed by atoms with Crippen LogP contribution >= 0.6 is 0 Å². The number of unbranched alkanes of at least 4 members (excludes halogenated alkanes) is 1. The molecule has 4 amide bonds. The molecule has 0 fully saturated rings. The standard InChI is InChI=1S/C19H25N7O4/c1-3-13-10-14(7-6-12(13)2)22-15-11-16(27)26(19(30)23-15)9-5-4-8-21-18(29)25-24-17(20)28/h6-7,10-11,22H,3-5,8-9H2,1-2H3,(H2,20,28)(H,21,29)(H,23,30)/b25-24+. The SMILES string of the molecule is CCc1cc(Nc2cc(=O)n(CCCCNC(=O)/N=N/C(N)=O)c(=O)[nH]2)ccc1C. The van der Waals surface area contributed by atoms with E-state index in [1.165, 1.54) is 17.2 Å². The summed E-state index contributed by atoms with van der Waals surface area (Å²) in [5.41, 5.74) is 6.93. The van der Waals surface area contributed by atoms with Crippen LogP contribution in [-0.2, 0) is 13.0 Å². The van der Waals surface area contributed by atoms with Gasteiger partial charge < -0.3 is 16.4 Å². The van der Waals surface area contributed by atoms with Crippen molar-refractivity contribution in [2.24, 2.45) is 16.0 Å². The quantitative estimate of drug-likeness (QED) is 0.383. The molecule has 30 heavy (non-hydrogen) atoms. The van der Waals surface area contributed by atoms with Gasteiger partial charge in [-0.2, -0.15) is 0 Å². The van der Waals surface area contributed by atoms with E-state index < -0.39 is 23.3 Å². The molecule has 2 aromatic rings. The van der Waals surface area contributed by atoms with Crippen molar-refractivity contribution in [3.05, 3.63) is 56.2 Å². The highest BCUT2D eigenvalue weighted by molar-refractivity contribution is 5.78. The molecule has 11 heteroatoms. The maximum atomic E-state index is 12.3. The average Bonchev–Trinajstić information content (AvgIpc) is 2.69. The van der Waals surface area contributed by atoms with E-state index in [4.69, 9.17) is 5.73 Å². The van der Waals surface area contributed by atoms with Crippen LogP contribution in [0, 0.1) is 6.92 Å². The summed E-state index contributed by atoms with van der Waals surface area (Å²) in [5, 5.41) is 11.4. The third kappa shape index (κ3) is 6.69. The molecule has 0 aliphatic heterocycles. The lowest BCUT2D eigenvalue weighted by Gasteiger charge is -2.11. The summed E-state index contributed by atoms with van der Waals surface area (Å²) < 4.78 is 1.09. The number of aromatic nitrogens is 2. The Labute approximate surface area is 172 Å². The van der Waals surface area contributed by atoms with Crippen LogP contribution in [0.1, 0.15) is 30.9 Å². The second kappa shape index (κ2) is 10.7. The summed E-state index contributed by atoms with van der Waals surface area (Å²) in [7, 11) is 0. The number of urea groups is 2. The van der Waals surface area contributed by atoms with Crippen molar-refractivity contribution < 1.29 is 9.59 Å². The number of anilines is 2. The van der Waals surface area contributed by atoms with Crippen LogP contribution in [0.3, 0.4) is 0 Å². The van der Waals surface area contributed by atoms with Crippen molar-refractivity contribution in [3.8, 4) is 0 Å². The summed E-state index contributed by atoms with van der Waals surface area (Å²) in [6.45, 7) is 4.53. The molecule has 1 aromatic carbocycles. The van der Waals surface area contributed by atoms with Gasteiger partial charge >= 0.3 is 17.8 Å². The molecule has 5 N–H and O–H groups in total. The van der Waals surface area contributed by atoms with E-state index in [9.17, 15) is 19.2 Å². The number of nitrogens with one attached hydrogen (secondary N) is 3. The minimum absolute atomic E-state index is 0.192. The number of nitrogens with two attached hydrogens (primary N) is 1. The number of carbonyl (C=O) groups excluding carboxylic acids is 2. The zero-order valence-electron chi connectivity index (χ0n) is 16.9. The Hall–Kier alpha value is -3.76. The van der Waals surface area contributed by atoms with Gasteiger partial charge in [-0.05, 0) is 49.4 Å². The van der Waals surface area contributed by atoms with Gasteiger partial charge in [-0.15, -0.1) is 0 Å². The topological polar surface area (TPSA) is 164 Å². The van der Waals surface area contributed by atoms with Gasteiger partial charge in [0.05, 0.1) is 0 Å². The Morgan fingerprint density at radius 1 is 1.17 bits per heavy atom. The number of hydrogen-bond acceptors (Lipinski definition) is 5. The molecule has 0 aliphatic carbocycles. The highest BCUT2D eigenvalue weighted by Gasteiger charge is 2.06. The van der Waals surface area contributed by atoms with E-state index in [1.807, 2.05) is 25.1 Å². The fourth-order valence-corrected chi connectivity index (χ4v) is 2.81. The first kappa shape index (κ1) is 22.5. The Kier molecular flexibility index (Phi) is 8.03. The van der Waals surface area contributed by atoms with E-state index in [0.717, 1.165) is 16.7 Å². The van der Waals surface area contributed by atoms with Gasteiger partial charge in [0, 0.05) is 24.8 Å². The molecule has 2 rings (SSSR count). The third-order valence-electron chi connectivity index (χ3n) is 4.35. The Bertz CT molecular complexity index is 1020. The maximum Gasteiger partial charge on any atom is 0.359 e. The van der Waals surface area contributed by atoms with Gasteiger partial charge in [0.25, 0.3) is 5.56 Å². The molecule has 11 nitrogen and oxygen atoms in total. The van der Waals surface area contributed by atoms with Crippen molar-refractivity contribution >= 4 is 23.6 Å². The number of benzene rings is 1. The minimum atomic E-state index is -1.06. The third-order valence-corrected chi connectivity index (χ3v) is 4.35. The van der Waals surface area contributed by atoms with Crippen molar-refractivity contribution in [2.75, 3.05) is 11.9 Å². The van der Waals surface area contributed by atoms with Crippen LogP contribution in [0.5, 0.6) is 0 Å². The summed E-state index contributed by atoms with van der Waals surface area (Å²) in [6.07, 6.45) is 1.85. The summed E-state index contributed by atoms with van der Waals surface area (Å²) in [6, 6.07) is 5.33. The normalized spacial score (nSPS) is 10.9. The molecule has 160 valence electrons. The van der Waals surface area contributed by atoms with Crippen LogP contribution in [0.25, 0.3) is 0 Å². The lowest BCUT2D eigenvalue weighted by atomic mass is 10.1. The molecule has 0 aliphatic rings. The number of nitrogens with zero attached hydrogens (tertiary/aromatic N) is 3. The lowest BCUT2D eigenvalue weighted by molar-refractivity contribution is 0.244. The largest absolute Gasteiger partial charge is 0.359 e. The smallest absolute Gasteiger partial charge is 0.348 e. The van der Waals surface area contributed by atoms with Crippen molar-refractivity contribution in [3.63, 3.8) is 0 Å².